The van der Waals surface area contributed by atoms with Crippen molar-refractivity contribution in [3.05, 3.63) is 71.8 Å². The van der Waals surface area contributed by atoms with E-state index in [1.165, 1.54) is 6.07 Å². The van der Waals surface area contributed by atoms with Crippen molar-refractivity contribution in [3.8, 4) is 11.1 Å². The molecule has 1 spiro atoms. The molecule has 2 aromatic carbocycles. The Bertz CT molecular complexity index is 1210. The summed E-state index contributed by atoms with van der Waals surface area (Å²) in [6, 6.07) is 13.6. The lowest BCUT2D eigenvalue weighted by atomic mass is 9.73. The Kier molecular flexibility index (Phi) is 4.85. The summed E-state index contributed by atoms with van der Waals surface area (Å²) >= 11 is 0. The summed E-state index contributed by atoms with van der Waals surface area (Å²) in [6.45, 7) is 3.20. The van der Waals surface area contributed by atoms with Gasteiger partial charge in [-0.3, -0.25) is 14.4 Å². The molecule has 6 rings (SSSR count). The predicted octanol–water partition coefficient (Wildman–Crippen LogP) is 3.51. The minimum Gasteiger partial charge on any atom is -0.380 e. The number of ether oxygens (including phenoxy) is 1. The second-order valence-corrected chi connectivity index (χ2v) is 9.48. The van der Waals surface area contributed by atoms with Gasteiger partial charge in [0.05, 0.1) is 19.3 Å². The zero-order valence-electron chi connectivity index (χ0n) is 18.7. The van der Waals surface area contributed by atoms with E-state index in [1.54, 1.807) is 21.8 Å². The van der Waals surface area contributed by atoms with Gasteiger partial charge in [-0.15, -0.1) is 0 Å². The van der Waals surface area contributed by atoms with E-state index in [-0.39, 0.29) is 18.3 Å². The second-order valence-electron chi connectivity index (χ2n) is 9.48. The van der Waals surface area contributed by atoms with E-state index in [2.05, 4.69) is 16.1 Å². The molecule has 170 valence electrons. The van der Waals surface area contributed by atoms with Gasteiger partial charge in [-0.1, -0.05) is 30.3 Å². The molecule has 4 heterocycles. The molecule has 2 fully saturated rings. The van der Waals surface area contributed by atoms with Crippen molar-refractivity contribution in [1.29, 1.82) is 0 Å². The number of hydrogen-bond acceptors (Lipinski definition) is 4. The summed E-state index contributed by atoms with van der Waals surface area (Å²) in [7, 11) is 1.84. The van der Waals surface area contributed by atoms with E-state index in [4.69, 9.17) is 4.74 Å². The molecule has 3 aliphatic rings. The molecule has 0 radical (unpaired) electrons. The molecule has 3 aromatic rings. The van der Waals surface area contributed by atoms with E-state index in [0.717, 1.165) is 48.4 Å². The highest BCUT2D eigenvalue weighted by molar-refractivity contribution is 6.09. The number of para-hydroxylation sites is 1. The molecular weight excluding hydrogens is 419 g/mol. The van der Waals surface area contributed by atoms with Gasteiger partial charge in [-0.2, -0.15) is 5.10 Å². The maximum Gasteiger partial charge on any atom is 0.240 e. The maximum absolute atomic E-state index is 15.1. The summed E-state index contributed by atoms with van der Waals surface area (Å²) in [4.78, 5) is 17.9. The summed E-state index contributed by atoms with van der Waals surface area (Å²) in [5.74, 6) is -0.232. The van der Waals surface area contributed by atoms with Crippen LogP contribution in [0.4, 0.5) is 10.1 Å². The molecule has 1 atom stereocenters. The number of halogens is 1. The van der Waals surface area contributed by atoms with Gasteiger partial charge >= 0.3 is 0 Å². The SMILES string of the molecule is Cn1cc(-c2ccc(CN3C(=O)C4(CN(C5CCCOC5)C4)c4ccccc43)c(F)c2)cn1. The molecular formula is C26H27FN4O2. The Labute approximate surface area is 192 Å². The number of hydrogen-bond donors (Lipinski definition) is 0. The minimum absolute atomic E-state index is 0.0763. The molecule has 1 amide bonds. The van der Waals surface area contributed by atoms with Crippen molar-refractivity contribution in [1.82, 2.24) is 14.7 Å². The van der Waals surface area contributed by atoms with Gasteiger partial charge in [-0.05, 0) is 36.1 Å². The van der Waals surface area contributed by atoms with Crippen LogP contribution >= 0.6 is 0 Å². The third-order valence-corrected chi connectivity index (χ3v) is 7.38. The number of carbonyl (C=O) groups is 1. The maximum atomic E-state index is 15.1. The smallest absolute Gasteiger partial charge is 0.240 e. The van der Waals surface area contributed by atoms with Crippen LogP contribution in [0.25, 0.3) is 11.1 Å². The second kappa shape index (κ2) is 7.78. The summed E-state index contributed by atoms with van der Waals surface area (Å²) < 4.78 is 22.5. The molecule has 0 aliphatic carbocycles. The molecule has 2 saturated heterocycles. The highest BCUT2D eigenvalue weighted by Gasteiger charge is 2.58. The van der Waals surface area contributed by atoms with Crippen molar-refractivity contribution < 1.29 is 13.9 Å². The summed E-state index contributed by atoms with van der Waals surface area (Å²) in [6.07, 6.45) is 5.76. The van der Waals surface area contributed by atoms with Crippen LogP contribution in [0.2, 0.25) is 0 Å². The highest BCUT2D eigenvalue weighted by Crippen LogP contribution is 2.48. The van der Waals surface area contributed by atoms with Gasteiger partial charge in [0.25, 0.3) is 0 Å². The van der Waals surface area contributed by atoms with Crippen LogP contribution in [0.15, 0.2) is 54.9 Å². The zero-order valence-corrected chi connectivity index (χ0v) is 18.7. The van der Waals surface area contributed by atoms with Crippen molar-refractivity contribution >= 4 is 11.6 Å². The number of nitrogens with zero attached hydrogens (tertiary/aromatic N) is 4. The number of amides is 1. The van der Waals surface area contributed by atoms with Crippen LogP contribution < -0.4 is 4.90 Å². The number of aromatic nitrogens is 2. The van der Waals surface area contributed by atoms with Crippen LogP contribution in [0.3, 0.4) is 0 Å². The Hall–Kier alpha value is -3.03. The van der Waals surface area contributed by atoms with E-state index in [0.29, 0.717) is 24.7 Å². The van der Waals surface area contributed by atoms with Gasteiger partial charge in [0.15, 0.2) is 0 Å². The average Bonchev–Trinajstić information content (AvgIpc) is 3.34. The Morgan fingerprint density at radius 3 is 2.76 bits per heavy atom. The predicted molar refractivity (Wildman–Crippen MR) is 123 cm³/mol. The highest BCUT2D eigenvalue weighted by atomic mass is 19.1. The number of aryl methyl sites for hydroxylation is 1. The first kappa shape index (κ1) is 20.6. The lowest BCUT2D eigenvalue weighted by Crippen LogP contribution is -2.67. The third-order valence-electron chi connectivity index (χ3n) is 7.38. The number of likely N-dealkylation sites (tertiary alicyclic amines) is 1. The molecule has 0 bridgehead atoms. The van der Waals surface area contributed by atoms with Crippen LogP contribution in [0.5, 0.6) is 0 Å². The van der Waals surface area contributed by atoms with Crippen molar-refractivity contribution in [2.24, 2.45) is 7.05 Å². The third kappa shape index (κ3) is 3.30. The van der Waals surface area contributed by atoms with Crippen LogP contribution in [0, 0.1) is 5.82 Å². The standard InChI is InChI=1S/C26H27FN4O2/c1-29-13-20(12-28-29)18-8-9-19(23(27)11-18)14-31-24-7-3-2-6-22(24)26(25(31)32)16-30(17-26)21-5-4-10-33-15-21/h2-3,6-9,11-13,21H,4-5,10,14-17H2,1H3. The van der Waals surface area contributed by atoms with Crippen molar-refractivity contribution in [2.45, 2.75) is 30.8 Å². The van der Waals surface area contributed by atoms with Gasteiger partial charge in [0.2, 0.25) is 5.91 Å². The lowest BCUT2D eigenvalue weighted by Gasteiger charge is -2.51. The Morgan fingerprint density at radius 2 is 2.03 bits per heavy atom. The molecule has 6 nitrogen and oxygen atoms in total. The molecule has 1 aromatic heterocycles. The topological polar surface area (TPSA) is 50.6 Å². The first-order chi connectivity index (χ1) is 16.0. The van der Waals surface area contributed by atoms with Gasteiger partial charge < -0.3 is 9.64 Å². The van der Waals surface area contributed by atoms with E-state index in [1.807, 2.05) is 37.5 Å². The van der Waals surface area contributed by atoms with Crippen LogP contribution in [-0.2, 0) is 28.5 Å². The van der Waals surface area contributed by atoms with Gasteiger partial charge in [0.1, 0.15) is 11.2 Å². The van der Waals surface area contributed by atoms with Crippen molar-refractivity contribution in [3.63, 3.8) is 0 Å². The minimum atomic E-state index is -0.528. The molecule has 0 N–H and O–H groups in total. The van der Waals surface area contributed by atoms with Crippen LogP contribution in [0.1, 0.15) is 24.0 Å². The molecule has 0 saturated carbocycles. The fourth-order valence-corrected chi connectivity index (χ4v) is 5.57. The largest absolute Gasteiger partial charge is 0.380 e. The number of fused-ring (bicyclic) bond motifs is 2. The lowest BCUT2D eigenvalue weighted by molar-refractivity contribution is -0.133. The van der Waals surface area contributed by atoms with Crippen molar-refractivity contribution in [2.75, 3.05) is 31.2 Å². The molecule has 3 aliphatic heterocycles. The van der Waals surface area contributed by atoms with Gasteiger partial charge in [0, 0.05) is 55.8 Å². The first-order valence-electron chi connectivity index (χ1n) is 11.6. The summed E-state index contributed by atoms with van der Waals surface area (Å²) in [5, 5.41) is 4.16. The van der Waals surface area contributed by atoms with E-state index in [9.17, 15) is 4.79 Å². The molecule has 1 unspecified atom stereocenters. The first-order valence-corrected chi connectivity index (χ1v) is 11.6. The van der Waals surface area contributed by atoms with Gasteiger partial charge in [-0.25, -0.2) is 4.39 Å². The molecule has 33 heavy (non-hydrogen) atoms. The monoisotopic (exact) mass is 446 g/mol. The zero-order chi connectivity index (χ0) is 22.6. The number of anilines is 1. The van der Waals surface area contributed by atoms with E-state index >= 15 is 4.39 Å². The molecule has 7 heteroatoms. The Morgan fingerprint density at radius 1 is 1.18 bits per heavy atom. The number of rotatable bonds is 4. The fraction of sp³-hybridized carbons (Fsp3) is 0.385. The quantitative estimate of drug-likeness (QED) is 0.616. The Balaban J connectivity index is 1.26. The normalized spacial score (nSPS) is 21.9. The number of carbonyl (C=O) groups excluding carboxylic acids is 1. The summed E-state index contributed by atoms with van der Waals surface area (Å²) in [5.41, 5.74) is 3.59. The van der Waals surface area contributed by atoms with E-state index < -0.39 is 5.41 Å². The number of benzene rings is 2. The average molecular weight is 447 g/mol. The van der Waals surface area contributed by atoms with Crippen LogP contribution in [-0.4, -0.2) is 52.9 Å². The fourth-order valence-electron chi connectivity index (χ4n) is 5.57.